The number of hydrogen-bond donors (Lipinski definition) is 1. The molecule has 0 spiro atoms. The fraction of sp³-hybridized carbons (Fsp3) is 0.692. The average Bonchev–Trinajstić information content (AvgIpc) is 2.73. The molecule has 2 rings (SSSR count). The van der Waals surface area contributed by atoms with E-state index in [4.69, 9.17) is 9.52 Å². The van der Waals surface area contributed by atoms with Crippen molar-refractivity contribution >= 4 is 0 Å². The highest BCUT2D eigenvalue weighted by atomic mass is 16.4. The van der Waals surface area contributed by atoms with E-state index in [0.29, 0.717) is 17.8 Å². The lowest BCUT2D eigenvalue weighted by Gasteiger charge is -2.42. The van der Waals surface area contributed by atoms with Crippen LogP contribution in [0.5, 0.6) is 0 Å². The van der Waals surface area contributed by atoms with Gasteiger partial charge in [0.2, 0.25) is 0 Å². The van der Waals surface area contributed by atoms with E-state index in [1.165, 1.54) is 0 Å². The summed E-state index contributed by atoms with van der Waals surface area (Å²) in [5, 5.41) is 8.96. The molecule has 1 aliphatic rings. The van der Waals surface area contributed by atoms with Gasteiger partial charge in [0.1, 0.15) is 18.1 Å². The van der Waals surface area contributed by atoms with E-state index in [9.17, 15) is 0 Å². The standard InChI is InChI=1S/C13H22N2O2/c1-10-6-15(7-11(2)14(10)3)8-12-4-5-13(9-16)17-12/h4-5,10-11,16H,6-9H2,1-3H3. The van der Waals surface area contributed by atoms with Crippen molar-refractivity contribution < 1.29 is 9.52 Å². The highest BCUT2D eigenvalue weighted by Gasteiger charge is 2.26. The van der Waals surface area contributed by atoms with Gasteiger partial charge in [-0.1, -0.05) is 0 Å². The molecule has 96 valence electrons. The molecule has 0 amide bonds. The van der Waals surface area contributed by atoms with E-state index in [1.807, 2.05) is 12.1 Å². The summed E-state index contributed by atoms with van der Waals surface area (Å²) >= 11 is 0. The fourth-order valence-electron chi connectivity index (χ4n) is 2.46. The number of furan rings is 1. The Bertz CT molecular complexity index is 352. The number of hydrogen-bond acceptors (Lipinski definition) is 4. The van der Waals surface area contributed by atoms with Gasteiger partial charge in [-0.2, -0.15) is 0 Å². The Balaban J connectivity index is 1.95. The van der Waals surface area contributed by atoms with Crippen molar-refractivity contribution in [1.82, 2.24) is 9.80 Å². The van der Waals surface area contributed by atoms with Crippen LogP contribution in [-0.2, 0) is 13.2 Å². The highest BCUT2D eigenvalue weighted by Crippen LogP contribution is 2.17. The quantitative estimate of drug-likeness (QED) is 0.861. The lowest BCUT2D eigenvalue weighted by molar-refractivity contribution is 0.0513. The molecule has 2 heterocycles. The predicted molar refractivity (Wildman–Crippen MR) is 66.6 cm³/mol. The summed E-state index contributed by atoms with van der Waals surface area (Å²) in [6, 6.07) is 4.95. The molecule has 4 heteroatoms. The van der Waals surface area contributed by atoms with Crippen LogP contribution in [0.1, 0.15) is 25.4 Å². The van der Waals surface area contributed by atoms with Crippen LogP contribution in [0.3, 0.4) is 0 Å². The SMILES string of the molecule is CC1CN(Cc2ccc(CO)o2)CC(C)N1C. The summed E-state index contributed by atoms with van der Waals surface area (Å²) in [6.07, 6.45) is 0. The number of aliphatic hydroxyl groups is 1. The van der Waals surface area contributed by atoms with Crippen molar-refractivity contribution in [2.45, 2.75) is 39.1 Å². The van der Waals surface area contributed by atoms with Crippen LogP contribution in [0.4, 0.5) is 0 Å². The van der Waals surface area contributed by atoms with Gasteiger partial charge >= 0.3 is 0 Å². The molecule has 0 aliphatic carbocycles. The zero-order valence-electron chi connectivity index (χ0n) is 10.9. The summed E-state index contributed by atoms with van der Waals surface area (Å²) in [5.74, 6) is 1.59. The molecular formula is C13H22N2O2. The third-order valence-corrected chi connectivity index (χ3v) is 3.69. The molecule has 4 nitrogen and oxygen atoms in total. The first-order valence-corrected chi connectivity index (χ1v) is 6.23. The van der Waals surface area contributed by atoms with Crippen LogP contribution >= 0.6 is 0 Å². The molecule has 1 aromatic rings. The van der Waals surface area contributed by atoms with E-state index in [0.717, 1.165) is 25.4 Å². The molecule has 0 aromatic carbocycles. The Labute approximate surface area is 103 Å². The zero-order chi connectivity index (χ0) is 12.4. The topological polar surface area (TPSA) is 39.9 Å². The monoisotopic (exact) mass is 238 g/mol. The van der Waals surface area contributed by atoms with Crippen molar-refractivity contribution in [3.63, 3.8) is 0 Å². The smallest absolute Gasteiger partial charge is 0.129 e. The first-order chi connectivity index (χ1) is 8.10. The van der Waals surface area contributed by atoms with Crippen molar-refractivity contribution in [2.75, 3.05) is 20.1 Å². The largest absolute Gasteiger partial charge is 0.462 e. The normalized spacial score (nSPS) is 27.5. The van der Waals surface area contributed by atoms with E-state index >= 15 is 0 Å². The van der Waals surface area contributed by atoms with Crippen LogP contribution in [0.15, 0.2) is 16.5 Å². The van der Waals surface area contributed by atoms with Gasteiger partial charge in [-0.25, -0.2) is 0 Å². The van der Waals surface area contributed by atoms with Gasteiger partial charge in [0.15, 0.2) is 0 Å². The van der Waals surface area contributed by atoms with Crippen LogP contribution in [0, 0.1) is 0 Å². The van der Waals surface area contributed by atoms with Crippen molar-refractivity contribution in [3.8, 4) is 0 Å². The molecular weight excluding hydrogens is 216 g/mol. The van der Waals surface area contributed by atoms with Gasteiger partial charge in [-0.15, -0.1) is 0 Å². The molecule has 17 heavy (non-hydrogen) atoms. The molecule has 1 aromatic heterocycles. The third kappa shape index (κ3) is 2.89. The van der Waals surface area contributed by atoms with E-state index in [2.05, 4.69) is 30.7 Å². The van der Waals surface area contributed by atoms with Gasteiger partial charge in [0.05, 0.1) is 6.54 Å². The van der Waals surface area contributed by atoms with Crippen LogP contribution in [0.25, 0.3) is 0 Å². The lowest BCUT2D eigenvalue weighted by atomic mass is 10.1. The van der Waals surface area contributed by atoms with Gasteiger partial charge < -0.3 is 9.52 Å². The number of aliphatic hydroxyl groups excluding tert-OH is 1. The Morgan fingerprint density at radius 1 is 1.24 bits per heavy atom. The second-order valence-electron chi connectivity index (χ2n) is 5.08. The van der Waals surface area contributed by atoms with Crippen LogP contribution < -0.4 is 0 Å². The highest BCUT2D eigenvalue weighted by molar-refractivity contribution is 5.06. The summed E-state index contributed by atoms with van der Waals surface area (Å²) in [7, 11) is 2.18. The molecule has 0 bridgehead atoms. The van der Waals surface area contributed by atoms with Gasteiger partial charge in [0, 0.05) is 25.2 Å². The first kappa shape index (κ1) is 12.6. The summed E-state index contributed by atoms with van der Waals surface area (Å²) in [4.78, 5) is 4.83. The van der Waals surface area contributed by atoms with Crippen LogP contribution in [0.2, 0.25) is 0 Å². The molecule has 2 atom stereocenters. The number of likely N-dealkylation sites (N-methyl/N-ethyl adjacent to an activating group) is 1. The Morgan fingerprint density at radius 2 is 1.82 bits per heavy atom. The lowest BCUT2D eigenvalue weighted by Crippen LogP contribution is -2.54. The maximum atomic E-state index is 8.96. The second-order valence-corrected chi connectivity index (χ2v) is 5.08. The number of nitrogens with zero attached hydrogens (tertiary/aromatic N) is 2. The van der Waals surface area contributed by atoms with E-state index in [1.54, 1.807) is 0 Å². The molecule has 1 saturated heterocycles. The minimum absolute atomic E-state index is 0.0183. The van der Waals surface area contributed by atoms with Crippen molar-refractivity contribution in [1.29, 1.82) is 0 Å². The maximum absolute atomic E-state index is 8.96. The molecule has 1 aliphatic heterocycles. The van der Waals surface area contributed by atoms with Crippen LogP contribution in [-0.4, -0.2) is 47.1 Å². The van der Waals surface area contributed by atoms with E-state index < -0.39 is 0 Å². The average molecular weight is 238 g/mol. The molecule has 1 fully saturated rings. The van der Waals surface area contributed by atoms with Crippen molar-refractivity contribution in [3.05, 3.63) is 23.7 Å². The number of rotatable bonds is 3. The molecule has 0 radical (unpaired) electrons. The minimum Gasteiger partial charge on any atom is -0.462 e. The summed E-state index contributed by atoms with van der Waals surface area (Å²) < 4.78 is 5.53. The summed E-state index contributed by atoms with van der Waals surface area (Å²) in [5.41, 5.74) is 0. The molecule has 0 saturated carbocycles. The Kier molecular flexibility index (Phi) is 3.86. The predicted octanol–water partition coefficient (Wildman–Crippen LogP) is 1.30. The maximum Gasteiger partial charge on any atom is 0.129 e. The van der Waals surface area contributed by atoms with E-state index in [-0.39, 0.29) is 6.61 Å². The Hall–Kier alpha value is -0.840. The minimum atomic E-state index is -0.0183. The Morgan fingerprint density at radius 3 is 2.35 bits per heavy atom. The molecule has 2 unspecified atom stereocenters. The van der Waals surface area contributed by atoms with Crippen molar-refractivity contribution in [2.24, 2.45) is 0 Å². The summed E-state index contributed by atoms with van der Waals surface area (Å²) in [6.45, 7) is 7.46. The number of piperazine rings is 1. The van der Waals surface area contributed by atoms with Gasteiger partial charge in [0.25, 0.3) is 0 Å². The van der Waals surface area contributed by atoms with Gasteiger partial charge in [-0.05, 0) is 33.0 Å². The second kappa shape index (κ2) is 5.21. The third-order valence-electron chi connectivity index (χ3n) is 3.69. The first-order valence-electron chi connectivity index (χ1n) is 6.23. The van der Waals surface area contributed by atoms with Gasteiger partial charge in [-0.3, -0.25) is 9.80 Å². The fourth-order valence-corrected chi connectivity index (χ4v) is 2.46. The zero-order valence-corrected chi connectivity index (χ0v) is 10.9. The molecule has 1 N–H and O–H groups in total.